The SMILES string of the molecule is [B][C@@H]1C[C@H](OC(C)(C)[P+](=C)CP(=C)(CC)CCP(=C)(CC)CC)[C@@H](C)C1(C)C. The average Bonchev–Trinajstić information content (AvgIpc) is 2.82. The van der Waals surface area contributed by atoms with Gasteiger partial charge in [0.25, 0.3) is 0 Å². The molecular formula is C23H47BOP3+. The van der Waals surface area contributed by atoms with Gasteiger partial charge in [-0.3, -0.25) is 0 Å². The molecule has 0 amide bonds. The molecule has 1 fully saturated rings. The van der Waals surface area contributed by atoms with Gasteiger partial charge in [-0.15, -0.1) is 13.2 Å². The largest absolute Gasteiger partial charge is 0.332 e. The normalized spacial score (nSPS) is 28.1. The second-order valence-corrected chi connectivity index (χ2v) is 21.8. The van der Waals surface area contributed by atoms with E-state index in [0.717, 1.165) is 6.42 Å². The monoisotopic (exact) mass is 443 g/mol. The first-order valence-corrected chi connectivity index (χ1v) is 17.9. The van der Waals surface area contributed by atoms with Gasteiger partial charge in [0.1, 0.15) is 13.4 Å². The molecule has 5 heteroatoms. The fourth-order valence-electron chi connectivity index (χ4n) is 4.00. The Morgan fingerprint density at radius 3 is 1.93 bits per heavy atom. The molecular weight excluding hydrogens is 396 g/mol. The first-order valence-electron chi connectivity index (χ1n) is 11.1. The van der Waals surface area contributed by atoms with E-state index in [1.807, 2.05) is 0 Å². The maximum Gasteiger partial charge on any atom is 0.219 e. The molecule has 0 aromatic rings. The van der Waals surface area contributed by atoms with Crippen LogP contribution in [0.25, 0.3) is 0 Å². The van der Waals surface area contributed by atoms with Gasteiger partial charge in [0.15, 0.2) is 0 Å². The highest BCUT2D eigenvalue weighted by atomic mass is 31.2. The summed E-state index contributed by atoms with van der Waals surface area (Å²) in [5, 5.41) is -0.182. The molecule has 2 unspecified atom stereocenters. The van der Waals surface area contributed by atoms with E-state index in [2.05, 4.69) is 68.0 Å². The molecule has 0 saturated heterocycles. The van der Waals surface area contributed by atoms with Crippen LogP contribution in [0.3, 0.4) is 0 Å². The van der Waals surface area contributed by atoms with Crippen LogP contribution in [0.1, 0.15) is 61.8 Å². The van der Waals surface area contributed by atoms with Crippen molar-refractivity contribution in [1.82, 2.24) is 0 Å². The van der Waals surface area contributed by atoms with Crippen molar-refractivity contribution in [2.75, 3.05) is 36.7 Å². The molecule has 0 bridgehead atoms. The predicted molar refractivity (Wildman–Crippen MR) is 144 cm³/mol. The topological polar surface area (TPSA) is 9.23 Å². The molecule has 0 aromatic carbocycles. The van der Waals surface area contributed by atoms with E-state index < -0.39 is 21.3 Å². The van der Waals surface area contributed by atoms with Crippen molar-refractivity contribution >= 4 is 48.1 Å². The minimum Gasteiger partial charge on any atom is -0.332 e. The summed E-state index contributed by atoms with van der Waals surface area (Å²) >= 11 is 0. The van der Waals surface area contributed by atoms with Gasteiger partial charge in [-0.1, -0.05) is 60.5 Å². The highest BCUT2D eigenvalue weighted by Crippen LogP contribution is 2.60. The Labute approximate surface area is 179 Å². The molecule has 2 radical (unpaired) electrons. The molecule has 0 N–H and O–H groups in total. The molecule has 1 nitrogen and oxygen atoms in total. The lowest BCUT2D eigenvalue weighted by atomic mass is 9.67. The zero-order valence-electron chi connectivity index (χ0n) is 20.1. The summed E-state index contributed by atoms with van der Waals surface area (Å²) in [6.45, 7) is 16.1. The van der Waals surface area contributed by atoms with Gasteiger partial charge in [0.2, 0.25) is 5.34 Å². The van der Waals surface area contributed by atoms with Crippen molar-refractivity contribution < 1.29 is 4.74 Å². The van der Waals surface area contributed by atoms with Gasteiger partial charge in [-0.05, 0) is 48.6 Å². The van der Waals surface area contributed by atoms with Crippen LogP contribution in [-0.2, 0) is 4.74 Å². The molecule has 162 valence electrons. The first-order chi connectivity index (χ1) is 12.7. The molecule has 0 aliphatic heterocycles. The number of hydrogen-bond donors (Lipinski definition) is 0. The Balaban J connectivity index is 2.82. The van der Waals surface area contributed by atoms with Crippen molar-refractivity contribution in [2.45, 2.75) is 79.1 Å². The molecule has 5 atom stereocenters. The quantitative estimate of drug-likeness (QED) is 0.248. The van der Waals surface area contributed by atoms with Crippen LogP contribution in [-0.4, -0.2) is 74.9 Å². The van der Waals surface area contributed by atoms with Crippen LogP contribution in [0.2, 0.25) is 5.82 Å². The zero-order valence-corrected chi connectivity index (χ0v) is 22.8. The highest BCUT2D eigenvalue weighted by Gasteiger charge is 2.48. The van der Waals surface area contributed by atoms with Crippen molar-refractivity contribution in [3.63, 3.8) is 0 Å². The summed E-state index contributed by atoms with van der Waals surface area (Å²) in [7, 11) is 5.93. The molecule has 1 rings (SSSR count). The van der Waals surface area contributed by atoms with E-state index >= 15 is 0 Å². The molecule has 1 aliphatic rings. The van der Waals surface area contributed by atoms with Crippen molar-refractivity contribution in [1.29, 1.82) is 0 Å². The van der Waals surface area contributed by atoms with Gasteiger partial charge in [-0.2, -0.15) is 0 Å². The second-order valence-electron chi connectivity index (χ2n) is 10.3. The minimum atomic E-state index is -1.22. The van der Waals surface area contributed by atoms with Gasteiger partial charge in [0, 0.05) is 13.8 Å². The third-order valence-electron chi connectivity index (χ3n) is 7.91. The van der Waals surface area contributed by atoms with E-state index in [4.69, 9.17) is 18.9 Å². The average molecular weight is 443 g/mol. The summed E-state index contributed by atoms with van der Waals surface area (Å²) in [4.78, 5) is 0. The third kappa shape index (κ3) is 6.40. The lowest BCUT2D eigenvalue weighted by Crippen LogP contribution is -2.32. The van der Waals surface area contributed by atoms with Gasteiger partial charge in [0.05, 0.1) is 20.2 Å². The fraction of sp³-hybridized carbons (Fsp3) is 0.870. The van der Waals surface area contributed by atoms with Gasteiger partial charge >= 0.3 is 0 Å². The highest BCUT2D eigenvalue weighted by molar-refractivity contribution is 7.84. The van der Waals surface area contributed by atoms with Crippen LogP contribution in [0, 0.1) is 11.3 Å². The number of hydrogen-bond acceptors (Lipinski definition) is 1. The maximum atomic E-state index is 6.73. The third-order valence-corrected chi connectivity index (χ3v) is 20.0. The lowest BCUT2D eigenvalue weighted by molar-refractivity contribution is -0.0426. The Kier molecular flexibility index (Phi) is 9.53. The first kappa shape index (κ1) is 26.8. The van der Waals surface area contributed by atoms with Crippen molar-refractivity contribution in [3.8, 4) is 0 Å². The Morgan fingerprint density at radius 2 is 1.54 bits per heavy atom. The van der Waals surface area contributed by atoms with E-state index in [-0.39, 0.29) is 22.7 Å². The van der Waals surface area contributed by atoms with E-state index in [0.29, 0.717) is 5.92 Å². The fourth-order valence-corrected chi connectivity index (χ4v) is 14.7. The molecule has 28 heavy (non-hydrogen) atoms. The van der Waals surface area contributed by atoms with Gasteiger partial charge in [-0.25, -0.2) is 0 Å². The molecule has 0 spiro atoms. The smallest absolute Gasteiger partial charge is 0.219 e. The Morgan fingerprint density at radius 1 is 1.07 bits per heavy atom. The molecule has 0 aromatic heterocycles. The summed E-state index contributed by atoms with van der Waals surface area (Å²) in [6, 6.07) is 0. The van der Waals surface area contributed by atoms with Crippen LogP contribution in [0.4, 0.5) is 0 Å². The summed E-state index contributed by atoms with van der Waals surface area (Å²) in [5.74, 6) is 1.86. The summed E-state index contributed by atoms with van der Waals surface area (Å²) in [6.07, 6.45) is 21.6. The molecule has 0 heterocycles. The van der Waals surface area contributed by atoms with E-state index in [1.54, 1.807) is 0 Å². The maximum absolute atomic E-state index is 6.73. The molecule has 1 aliphatic carbocycles. The van der Waals surface area contributed by atoms with Crippen LogP contribution in [0.15, 0.2) is 0 Å². The summed E-state index contributed by atoms with van der Waals surface area (Å²) < 4.78 is 6.73. The summed E-state index contributed by atoms with van der Waals surface area (Å²) in [5.41, 5.74) is 0.138. The Hall–Kier alpha value is 0.795. The minimum absolute atomic E-state index is 0.138. The lowest BCUT2D eigenvalue weighted by Gasteiger charge is -2.33. The van der Waals surface area contributed by atoms with Crippen molar-refractivity contribution in [2.24, 2.45) is 11.3 Å². The number of rotatable bonds is 11. The van der Waals surface area contributed by atoms with E-state index in [1.165, 1.54) is 36.7 Å². The van der Waals surface area contributed by atoms with Crippen molar-refractivity contribution in [3.05, 3.63) is 0 Å². The Bertz CT molecular complexity index is 630. The van der Waals surface area contributed by atoms with Crippen LogP contribution < -0.4 is 0 Å². The van der Waals surface area contributed by atoms with Gasteiger partial charge < -0.3 is 4.74 Å². The number of ether oxygens (including phenoxy) is 1. The van der Waals surface area contributed by atoms with E-state index in [9.17, 15) is 0 Å². The standard InChI is InChI=1S/C23H47BOP3/c1-12-27(10,13-2)15-16-28(11,14-3)18-26(9)23(7,8)25-20-17-21(24)22(5,6)19(20)4/h19-21H,9-18H2,1-8H3/q+1/t19-,20+,21-,28?/m1/s1. The second kappa shape index (κ2) is 9.95. The zero-order chi connectivity index (χ0) is 22.0. The van der Waals surface area contributed by atoms with Crippen LogP contribution in [0.5, 0.6) is 0 Å². The predicted octanol–water partition coefficient (Wildman–Crippen LogP) is 6.96. The van der Waals surface area contributed by atoms with Crippen LogP contribution >= 0.6 is 21.3 Å². The molecule has 1 saturated carbocycles.